The van der Waals surface area contributed by atoms with Crippen molar-refractivity contribution in [3.05, 3.63) is 41.5 Å². The predicted octanol–water partition coefficient (Wildman–Crippen LogP) is 2.79. The van der Waals surface area contributed by atoms with E-state index >= 15 is 0 Å². The van der Waals surface area contributed by atoms with Crippen molar-refractivity contribution in [3.63, 3.8) is 0 Å². The minimum absolute atomic E-state index is 0.351. The molecule has 2 N–H and O–H groups in total. The number of ether oxygens (including phenoxy) is 2. The molecular weight excluding hydrogens is 296 g/mol. The van der Waals surface area contributed by atoms with Gasteiger partial charge in [0.2, 0.25) is 0 Å². The lowest BCUT2D eigenvalue weighted by Gasteiger charge is -2.19. The molecule has 6 nitrogen and oxygen atoms in total. The smallest absolute Gasteiger partial charge is 0.422 e. The van der Waals surface area contributed by atoms with Gasteiger partial charge in [0.05, 0.1) is 6.61 Å². The molecular formula is C17H24N2O4. The van der Waals surface area contributed by atoms with Crippen molar-refractivity contribution in [1.82, 2.24) is 10.9 Å². The molecule has 0 heterocycles. The first kappa shape index (κ1) is 18.7. The van der Waals surface area contributed by atoms with Crippen molar-refractivity contribution >= 4 is 18.1 Å². The summed E-state index contributed by atoms with van der Waals surface area (Å²) in [5.41, 5.74) is 6.55. The molecule has 126 valence electrons. The maximum absolute atomic E-state index is 11.5. The van der Waals surface area contributed by atoms with Crippen molar-refractivity contribution in [1.29, 1.82) is 0 Å². The molecule has 0 saturated heterocycles. The molecule has 0 aromatic heterocycles. The summed E-state index contributed by atoms with van der Waals surface area (Å²) in [4.78, 5) is 22.8. The van der Waals surface area contributed by atoms with Gasteiger partial charge in [-0.25, -0.2) is 15.0 Å². The second-order valence-electron chi connectivity index (χ2n) is 5.81. The van der Waals surface area contributed by atoms with Crippen LogP contribution in [0.15, 0.2) is 30.3 Å². The molecule has 0 aliphatic rings. The summed E-state index contributed by atoms with van der Waals surface area (Å²) in [6.45, 7) is 7.93. The van der Waals surface area contributed by atoms with Crippen LogP contribution >= 0.6 is 0 Å². The minimum atomic E-state index is -0.538. The van der Waals surface area contributed by atoms with Crippen LogP contribution in [0, 0.1) is 0 Å². The molecule has 6 heteroatoms. The highest BCUT2D eigenvalue weighted by Gasteiger charge is 2.15. The van der Waals surface area contributed by atoms with Crippen LogP contribution in [-0.4, -0.2) is 24.3 Å². The number of hydrogen-bond acceptors (Lipinski definition) is 5. The summed E-state index contributed by atoms with van der Waals surface area (Å²) in [7, 11) is 0. The third kappa shape index (κ3) is 8.63. The Bertz CT molecular complexity index is 562. The normalized spacial score (nSPS) is 11.3. The Morgan fingerprint density at radius 2 is 2.00 bits per heavy atom. The van der Waals surface area contributed by atoms with Gasteiger partial charge in [0, 0.05) is 12.6 Å². The maximum Gasteiger partial charge on any atom is 0.422 e. The lowest BCUT2D eigenvalue weighted by Crippen LogP contribution is -2.40. The molecule has 0 fully saturated rings. The molecule has 0 bridgehead atoms. The fourth-order valence-electron chi connectivity index (χ4n) is 1.68. The van der Waals surface area contributed by atoms with Gasteiger partial charge >= 0.3 is 12.1 Å². The number of nitrogens with one attached hydrogen (secondary N) is 2. The summed E-state index contributed by atoms with van der Waals surface area (Å²) < 4.78 is 9.94. The molecule has 1 aromatic carbocycles. The van der Waals surface area contributed by atoms with E-state index in [1.165, 1.54) is 6.08 Å². The quantitative estimate of drug-likeness (QED) is 0.479. The van der Waals surface area contributed by atoms with Gasteiger partial charge in [-0.15, -0.1) is 0 Å². The van der Waals surface area contributed by atoms with E-state index in [0.717, 1.165) is 11.1 Å². The summed E-state index contributed by atoms with van der Waals surface area (Å²) in [6.07, 6.45) is 2.54. The zero-order chi connectivity index (χ0) is 17.3. The number of amides is 1. The summed E-state index contributed by atoms with van der Waals surface area (Å²) in [6, 6.07) is 7.56. The number of hydrazine groups is 1. The Balaban J connectivity index is 2.48. The summed E-state index contributed by atoms with van der Waals surface area (Å²) in [5, 5.41) is 0. The van der Waals surface area contributed by atoms with Crippen molar-refractivity contribution in [2.75, 3.05) is 6.61 Å². The molecule has 23 heavy (non-hydrogen) atoms. The third-order valence-electron chi connectivity index (χ3n) is 2.53. The van der Waals surface area contributed by atoms with Crippen molar-refractivity contribution in [2.45, 2.75) is 39.8 Å². The summed E-state index contributed by atoms with van der Waals surface area (Å²) in [5.74, 6) is -0.373. The molecule has 0 aliphatic carbocycles. The summed E-state index contributed by atoms with van der Waals surface area (Å²) >= 11 is 0. The topological polar surface area (TPSA) is 76.7 Å². The monoisotopic (exact) mass is 320 g/mol. The minimum Gasteiger partial charge on any atom is -0.463 e. The SMILES string of the molecule is CCOC(=O)/C=C/c1cccc(CNNC(=O)OC(C)(C)C)c1. The van der Waals surface area contributed by atoms with Crippen LogP contribution in [0.5, 0.6) is 0 Å². The number of benzene rings is 1. The molecule has 0 saturated carbocycles. The van der Waals surface area contributed by atoms with Gasteiger partial charge < -0.3 is 9.47 Å². The van der Waals surface area contributed by atoms with E-state index in [2.05, 4.69) is 10.9 Å². The van der Waals surface area contributed by atoms with Gasteiger partial charge in [0.25, 0.3) is 0 Å². The maximum atomic E-state index is 11.5. The Morgan fingerprint density at radius 3 is 2.65 bits per heavy atom. The largest absolute Gasteiger partial charge is 0.463 e. The molecule has 0 unspecified atom stereocenters. The number of rotatable bonds is 6. The number of hydrogen-bond donors (Lipinski definition) is 2. The highest BCUT2D eigenvalue weighted by molar-refractivity contribution is 5.87. The standard InChI is InChI=1S/C17H24N2O4/c1-5-22-15(20)10-9-13-7-6-8-14(11-13)12-18-19-16(21)23-17(2,3)4/h6-11,18H,5,12H2,1-4H3,(H,19,21)/b10-9+. The average Bonchev–Trinajstić information content (AvgIpc) is 2.44. The average molecular weight is 320 g/mol. The first-order valence-electron chi connectivity index (χ1n) is 7.46. The molecule has 0 spiro atoms. The first-order valence-corrected chi connectivity index (χ1v) is 7.46. The second kappa shape index (κ2) is 8.95. The second-order valence-corrected chi connectivity index (χ2v) is 5.81. The fraction of sp³-hybridized carbons (Fsp3) is 0.412. The van der Waals surface area contributed by atoms with E-state index < -0.39 is 11.7 Å². The van der Waals surface area contributed by atoms with Crippen LogP contribution in [0.4, 0.5) is 4.79 Å². The van der Waals surface area contributed by atoms with Gasteiger partial charge in [-0.05, 0) is 44.9 Å². The van der Waals surface area contributed by atoms with Crippen molar-refractivity contribution in [2.24, 2.45) is 0 Å². The highest BCUT2D eigenvalue weighted by atomic mass is 16.6. The van der Waals surface area contributed by atoms with Crippen molar-refractivity contribution < 1.29 is 19.1 Å². The third-order valence-corrected chi connectivity index (χ3v) is 2.53. The van der Waals surface area contributed by atoms with Gasteiger partial charge in [-0.2, -0.15) is 0 Å². The first-order chi connectivity index (χ1) is 10.8. The van der Waals surface area contributed by atoms with E-state index in [0.29, 0.717) is 13.2 Å². The van der Waals surface area contributed by atoms with Crippen LogP contribution in [-0.2, 0) is 20.8 Å². The zero-order valence-corrected chi connectivity index (χ0v) is 14.0. The Kier molecular flexibility index (Phi) is 7.28. The Morgan fingerprint density at radius 1 is 1.26 bits per heavy atom. The van der Waals surface area contributed by atoms with Crippen LogP contribution in [0.1, 0.15) is 38.8 Å². The van der Waals surface area contributed by atoms with Gasteiger partial charge in [-0.3, -0.25) is 5.43 Å². The van der Waals surface area contributed by atoms with E-state index in [1.807, 2.05) is 24.3 Å². The van der Waals surface area contributed by atoms with Crippen LogP contribution in [0.25, 0.3) is 6.08 Å². The van der Waals surface area contributed by atoms with E-state index in [-0.39, 0.29) is 5.97 Å². The van der Waals surface area contributed by atoms with Crippen LogP contribution in [0.3, 0.4) is 0 Å². The molecule has 1 aromatic rings. The molecule has 0 atom stereocenters. The van der Waals surface area contributed by atoms with E-state index in [1.54, 1.807) is 33.8 Å². The number of esters is 1. The number of carbonyl (C=O) groups excluding carboxylic acids is 2. The number of carbonyl (C=O) groups is 2. The lowest BCUT2D eigenvalue weighted by atomic mass is 10.1. The van der Waals surface area contributed by atoms with Gasteiger partial charge in [-0.1, -0.05) is 24.3 Å². The van der Waals surface area contributed by atoms with E-state index in [4.69, 9.17) is 9.47 Å². The lowest BCUT2D eigenvalue weighted by molar-refractivity contribution is -0.137. The Labute approximate surface area is 136 Å². The highest BCUT2D eigenvalue weighted by Crippen LogP contribution is 2.08. The Hall–Kier alpha value is -2.34. The van der Waals surface area contributed by atoms with Crippen LogP contribution < -0.4 is 10.9 Å². The van der Waals surface area contributed by atoms with Gasteiger partial charge in [0.1, 0.15) is 5.60 Å². The van der Waals surface area contributed by atoms with E-state index in [9.17, 15) is 9.59 Å². The zero-order valence-electron chi connectivity index (χ0n) is 14.0. The van der Waals surface area contributed by atoms with Crippen molar-refractivity contribution in [3.8, 4) is 0 Å². The van der Waals surface area contributed by atoms with Crippen LogP contribution in [0.2, 0.25) is 0 Å². The van der Waals surface area contributed by atoms with Gasteiger partial charge in [0.15, 0.2) is 0 Å². The molecule has 1 amide bonds. The fourth-order valence-corrected chi connectivity index (χ4v) is 1.68. The molecule has 0 radical (unpaired) electrons. The molecule has 0 aliphatic heterocycles. The molecule has 1 rings (SSSR count). The predicted molar refractivity (Wildman–Crippen MR) is 88.3 cm³/mol.